The lowest BCUT2D eigenvalue weighted by Gasteiger charge is -2.39. The van der Waals surface area contributed by atoms with Crippen molar-refractivity contribution in [1.82, 2.24) is 4.90 Å². The van der Waals surface area contributed by atoms with E-state index in [-0.39, 0.29) is 17.9 Å². The summed E-state index contributed by atoms with van der Waals surface area (Å²) in [4.78, 5) is 27.3. The number of hydrogen-bond donors (Lipinski definition) is 1. The van der Waals surface area contributed by atoms with Gasteiger partial charge in [-0.1, -0.05) is 18.2 Å². The van der Waals surface area contributed by atoms with Gasteiger partial charge in [0.25, 0.3) is 0 Å². The number of amides is 1. The molecule has 1 saturated heterocycles. The van der Waals surface area contributed by atoms with E-state index in [1.807, 2.05) is 25.1 Å². The Balaban J connectivity index is 1.83. The van der Waals surface area contributed by atoms with Gasteiger partial charge in [0.05, 0.1) is 11.8 Å². The number of hydrogen-bond acceptors (Lipinski definition) is 3. The largest absolute Gasteiger partial charge is 0.481 e. The van der Waals surface area contributed by atoms with Gasteiger partial charge in [-0.05, 0) is 43.6 Å². The van der Waals surface area contributed by atoms with Gasteiger partial charge in [0.2, 0.25) is 5.91 Å². The van der Waals surface area contributed by atoms with E-state index in [9.17, 15) is 14.7 Å². The molecular formula is C17H21NO3S. The summed E-state index contributed by atoms with van der Waals surface area (Å²) in [6, 6.07) is 8.21. The first-order chi connectivity index (χ1) is 10.6. The number of piperidine rings is 1. The minimum absolute atomic E-state index is 0.103. The highest BCUT2D eigenvalue weighted by Gasteiger charge is 2.37. The van der Waals surface area contributed by atoms with Crippen LogP contribution in [0.2, 0.25) is 0 Å². The third kappa shape index (κ3) is 2.86. The number of carbonyl (C=O) groups excluding carboxylic acids is 1. The molecule has 4 nitrogen and oxygen atoms in total. The van der Waals surface area contributed by atoms with Crippen molar-refractivity contribution in [2.75, 3.05) is 12.3 Å². The number of likely N-dealkylation sites (tertiary alicyclic amines) is 1. The molecule has 1 aromatic carbocycles. The number of aliphatic carboxylic acids is 1. The first-order valence-corrected chi connectivity index (χ1v) is 8.81. The van der Waals surface area contributed by atoms with E-state index in [0.29, 0.717) is 13.0 Å². The molecule has 3 rings (SSSR count). The minimum atomic E-state index is -0.788. The second-order valence-corrected chi connectivity index (χ2v) is 7.32. The Hall–Kier alpha value is -1.49. The maximum atomic E-state index is 13.0. The van der Waals surface area contributed by atoms with Crippen LogP contribution in [0.25, 0.3) is 0 Å². The van der Waals surface area contributed by atoms with Crippen LogP contribution in [0, 0.1) is 5.92 Å². The number of fused-ring (bicyclic) bond motifs is 1. The molecule has 0 bridgehead atoms. The van der Waals surface area contributed by atoms with E-state index < -0.39 is 11.9 Å². The lowest BCUT2D eigenvalue weighted by atomic mass is 9.89. The predicted octanol–water partition coefficient (Wildman–Crippen LogP) is 2.98. The zero-order valence-electron chi connectivity index (χ0n) is 12.7. The molecule has 1 amide bonds. The van der Waals surface area contributed by atoms with Crippen molar-refractivity contribution in [3.8, 4) is 0 Å². The van der Waals surface area contributed by atoms with Crippen molar-refractivity contribution in [2.24, 2.45) is 5.92 Å². The Morgan fingerprint density at radius 2 is 2.00 bits per heavy atom. The first-order valence-electron chi connectivity index (χ1n) is 7.83. The molecule has 2 aliphatic rings. The molecule has 1 N–H and O–H groups in total. The average molecular weight is 319 g/mol. The van der Waals surface area contributed by atoms with Gasteiger partial charge in [-0.25, -0.2) is 0 Å². The highest BCUT2D eigenvalue weighted by molar-refractivity contribution is 7.99. The predicted molar refractivity (Wildman–Crippen MR) is 86.1 cm³/mol. The van der Waals surface area contributed by atoms with E-state index >= 15 is 0 Å². The standard InChI is InChI=1S/C17H21NO3S/c1-11-6-7-12(17(20)21)10-18(11)16(19)14-8-9-22-15-5-3-2-4-13(14)15/h2-5,11-12,14H,6-10H2,1H3,(H,20,21). The summed E-state index contributed by atoms with van der Waals surface area (Å²) in [5, 5.41) is 9.25. The van der Waals surface area contributed by atoms with Gasteiger partial charge in [0, 0.05) is 17.5 Å². The fourth-order valence-corrected chi connectivity index (χ4v) is 4.54. The van der Waals surface area contributed by atoms with Crippen LogP contribution in [-0.2, 0) is 9.59 Å². The zero-order valence-corrected chi connectivity index (χ0v) is 13.5. The maximum Gasteiger partial charge on any atom is 0.308 e. The summed E-state index contributed by atoms with van der Waals surface area (Å²) < 4.78 is 0. The van der Waals surface area contributed by atoms with Crippen LogP contribution in [0.1, 0.15) is 37.7 Å². The van der Waals surface area contributed by atoms with Crippen LogP contribution in [0.3, 0.4) is 0 Å². The van der Waals surface area contributed by atoms with Crippen molar-refractivity contribution in [1.29, 1.82) is 0 Å². The zero-order chi connectivity index (χ0) is 15.7. The van der Waals surface area contributed by atoms with E-state index in [0.717, 1.165) is 24.2 Å². The Labute approximate surface area is 134 Å². The minimum Gasteiger partial charge on any atom is -0.481 e. The van der Waals surface area contributed by atoms with E-state index in [1.165, 1.54) is 4.90 Å². The molecule has 22 heavy (non-hydrogen) atoms. The molecule has 3 atom stereocenters. The van der Waals surface area contributed by atoms with Gasteiger partial charge in [-0.3, -0.25) is 9.59 Å². The molecule has 0 radical (unpaired) electrons. The second-order valence-electron chi connectivity index (χ2n) is 6.18. The molecule has 2 aliphatic heterocycles. The van der Waals surface area contributed by atoms with Crippen LogP contribution in [0.4, 0.5) is 0 Å². The number of thioether (sulfide) groups is 1. The number of carboxylic acid groups (broad SMARTS) is 1. The van der Waals surface area contributed by atoms with Gasteiger partial charge < -0.3 is 10.0 Å². The van der Waals surface area contributed by atoms with E-state index in [2.05, 4.69) is 6.07 Å². The molecule has 0 aromatic heterocycles. The molecule has 0 aliphatic carbocycles. The normalized spacial score (nSPS) is 28.0. The van der Waals surface area contributed by atoms with Crippen molar-refractivity contribution in [3.63, 3.8) is 0 Å². The van der Waals surface area contributed by atoms with Crippen molar-refractivity contribution < 1.29 is 14.7 Å². The molecule has 1 fully saturated rings. The highest BCUT2D eigenvalue weighted by Crippen LogP contribution is 2.39. The van der Waals surface area contributed by atoms with Crippen LogP contribution in [0.15, 0.2) is 29.2 Å². The summed E-state index contributed by atoms with van der Waals surface area (Å²) in [6.45, 7) is 2.38. The van der Waals surface area contributed by atoms with E-state index in [4.69, 9.17) is 0 Å². The first kappa shape index (κ1) is 15.4. The Morgan fingerprint density at radius 1 is 1.23 bits per heavy atom. The van der Waals surface area contributed by atoms with Crippen molar-refractivity contribution in [2.45, 2.75) is 43.0 Å². The fraction of sp³-hybridized carbons (Fsp3) is 0.529. The van der Waals surface area contributed by atoms with Crippen LogP contribution in [0.5, 0.6) is 0 Å². The number of benzene rings is 1. The molecule has 0 saturated carbocycles. The Bertz CT molecular complexity index is 589. The Kier molecular flexibility index (Phi) is 4.43. The summed E-state index contributed by atoms with van der Waals surface area (Å²) >= 11 is 1.80. The van der Waals surface area contributed by atoms with Gasteiger partial charge in [0.1, 0.15) is 0 Å². The molecule has 3 unspecified atom stereocenters. The quantitative estimate of drug-likeness (QED) is 0.910. The number of carboxylic acids is 1. The highest BCUT2D eigenvalue weighted by atomic mass is 32.2. The molecule has 1 aromatic rings. The van der Waals surface area contributed by atoms with Gasteiger partial charge in [0.15, 0.2) is 0 Å². The Morgan fingerprint density at radius 3 is 2.77 bits per heavy atom. The summed E-state index contributed by atoms with van der Waals surface area (Å²) in [7, 11) is 0. The number of rotatable bonds is 2. The molecule has 118 valence electrons. The molecule has 0 spiro atoms. The SMILES string of the molecule is CC1CCC(C(=O)O)CN1C(=O)C1CCSc2ccccc21. The lowest BCUT2D eigenvalue weighted by molar-refractivity contribution is -0.147. The monoisotopic (exact) mass is 319 g/mol. The van der Waals surface area contributed by atoms with Crippen LogP contribution < -0.4 is 0 Å². The molecular weight excluding hydrogens is 298 g/mol. The fourth-order valence-electron chi connectivity index (χ4n) is 3.41. The average Bonchev–Trinajstić information content (AvgIpc) is 2.54. The third-order valence-electron chi connectivity index (χ3n) is 4.77. The maximum absolute atomic E-state index is 13.0. The van der Waals surface area contributed by atoms with Gasteiger partial charge in [-0.2, -0.15) is 0 Å². The molecule has 2 heterocycles. The smallest absolute Gasteiger partial charge is 0.308 e. The number of carbonyl (C=O) groups is 2. The number of nitrogens with zero attached hydrogens (tertiary/aromatic N) is 1. The summed E-state index contributed by atoms with van der Waals surface area (Å²) in [5.74, 6) is -0.283. The lowest BCUT2D eigenvalue weighted by Crippen LogP contribution is -2.49. The topological polar surface area (TPSA) is 57.6 Å². The molecule has 5 heteroatoms. The van der Waals surface area contributed by atoms with Gasteiger partial charge in [-0.15, -0.1) is 11.8 Å². The van der Waals surface area contributed by atoms with Crippen molar-refractivity contribution >= 4 is 23.6 Å². The third-order valence-corrected chi connectivity index (χ3v) is 5.89. The van der Waals surface area contributed by atoms with E-state index in [1.54, 1.807) is 16.7 Å². The van der Waals surface area contributed by atoms with Crippen molar-refractivity contribution in [3.05, 3.63) is 29.8 Å². The van der Waals surface area contributed by atoms with Gasteiger partial charge >= 0.3 is 5.97 Å². The second kappa shape index (κ2) is 6.32. The van der Waals surface area contributed by atoms with Crippen LogP contribution in [-0.4, -0.2) is 40.2 Å². The summed E-state index contributed by atoms with van der Waals surface area (Å²) in [5.41, 5.74) is 1.10. The summed E-state index contributed by atoms with van der Waals surface area (Å²) in [6.07, 6.45) is 2.27. The van der Waals surface area contributed by atoms with Crippen LogP contribution >= 0.6 is 11.8 Å².